The fourth-order valence-electron chi connectivity index (χ4n) is 5.30. The largest absolute Gasteiger partial charge is 0.444 e. The van der Waals surface area contributed by atoms with Gasteiger partial charge in [-0.15, -0.1) is 11.3 Å². The minimum absolute atomic E-state index is 0.107. The monoisotopic (exact) mass is 780 g/mol. The molecule has 2 aromatic rings. The number of hydrogen-bond donors (Lipinski definition) is 6. The Bertz CT molecular complexity index is 1560. The highest BCUT2D eigenvalue weighted by Crippen LogP contribution is 2.18. The van der Waals surface area contributed by atoms with Crippen LogP contribution in [0.25, 0.3) is 0 Å². The molecular weight excluding hydrogens is 723 g/mol. The average Bonchev–Trinajstić information content (AvgIpc) is 3.45. The van der Waals surface area contributed by atoms with Gasteiger partial charge in [0, 0.05) is 41.9 Å². The van der Waals surface area contributed by atoms with E-state index in [1.54, 1.807) is 48.5 Å². The topological polar surface area (TPSA) is 188 Å². The lowest BCUT2D eigenvalue weighted by molar-refractivity contribution is -0.133. The van der Waals surface area contributed by atoms with Gasteiger partial charge in [0.25, 0.3) is 0 Å². The van der Waals surface area contributed by atoms with E-state index in [0.29, 0.717) is 19.0 Å². The Morgan fingerprint density at radius 2 is 1.43 bits per heavy atom. The molecule has 6 atom stereocenters. The van der Waals surface area contributed by atoms with Crippen LogP contribution in [0, 0.1) is 42.2 Å². The van der Waals surface area contributed by atoms with Crippen molar-refractivity contribution in [2.24, 2.45) is 23.7 Å². The van der Waals surface area contributed by atoms with E-state index in [1.165, 1.54) is 11.3 Å². The van der Waals surface area contributed by atoms with E-state index in [9.17, 15) is 37.9 Å². The van der Waals surface area contributed by atoms with Crippen LogP contribution in [-0.4, -0.2) is 82.7 Å². The lowest BCUT2D eigenvalue weighted by atomic mass is 9.92. The number of aromatic nitrogens is 1. The number of thiazole rings is 1. The molecule has 0 unspecified atom stereocenters. The molecule has 2 rings (SSSR count). The van der Waals surface area contributed by atoms with E-state index < -0.39 is 83.7 Å². The van der Waals surface area contributed by atoms with E-state index in [-0.39, 0.29) is 36.1 Å². The molecule has 0 aliphatic carbocycles. The number of carbonyl (C=O) groups is 5. The van der Waals surface area contributed by atoms with Crippen LogP contribution in [-0.2, 0) is 36.8 Å². The van der Waals surface area contributed by atoms with Crippen LogP contribution in [0.15, 0.2) is 23.6 Å². The lowest BCUT2D eigenvalue weighted by Crippen LogP contribution is -2.58. The number of amides is 5. The highest BCUT2D eigenvalue weighted by Gasteiger charge is 2.33. The van der Waals surface area contributed by atoms with Crippen molar-refractivity contribution in [3.63, 3.8) is 0 Å². The minimum atomic E-state index is -1.45. The average molecular weight is 781 g/mol. The molecule has 1 heterocycles. The molecule has 1 aromatic carbocycles. The first-order chi connectivity index (χ1) is 25.0. The third kappa shape index (κ3) is 16.5. The van der Waals surface area contributed by atoms with Gasteiger partial charge in [0.1, 0.15) is 29.3 Å². The number of nitrogens with zero attached hydrogens (tertiary/aromatic N) is 1. The molecule has 0 aliphatic heterocycles. The molecule has 0 saturated carbocycles. The van der Waals surface area contributed by atoms with Gasteiger partial charge in [0.05, 0.1) is 23.7 Å². The highest BCUT2D eigenvalue weighted by atomic mass is 32.1. The summed E-state index contributed by atoms with van der Waals surface area (Å²) >= 11 is 1.40. The van der Waals surface area contributed by atoms with Crippen LogP contribution >= 0.6 is 11.3 Å². The molecule has 54 heavy (non-hydrogen) atoms. The summed E-state index contributed by atoms with van der Waals surface area (Å²) in [5.74, 6) is -5.49. The van der Waals surface area contributed by atoms with Crippen molar-refractivity contribution in [1.29, 1.82) is 0 Å². The molecule has 16 heteroatoms. The Labute approximate surface area is 321 Å². The van der Waals surface area contributed by atoms with Gasteiger partial charge in [0.15, 0.2) is 0 Å². The fraction of sp³-hybridized carbons (Fsp3) is 0.632. The summed E-state index contributed by atoms with van der Waals surface area (Å²) in [6.07, 6.45) is -2.48. The Balaban J connectivity index is 2.33. The molecule has 302 valence electrons. The van der Waals surface area contributed by atoms with Crippen LogP contribution in [0.5, 0.6) is 0 Å². The van der Waals surface area contributed by atoms with Gasteiger partial charge in [0.2, 0.25) is 23.6 Å². The molecule has 0 bridgehead atoms. The SMILES string of the molecule is Cc1csc(C[C@H](C)C(=O)N[C@@H](CNC(=O)OC(C)(C)C)C(=O)N[C@@H](Cc2cc(F)cc(F)c2)[C@@H](O)C[C@@H](C)C(=O)N[C@H](C(=O)NCC(C)C)C(C)C)n1. The van der Waals surface area contributed by atoms with Gasteiger partial charge < -0.3 is 36.4 Å². The van der Waals surface area contributed by atoms with E-state index in [4.69, 9.17) is 4.74 Å². The van der Waals surface area contributed by atoms with Gasteiger partial charge in [-0.2, -0.15) is 0 Å². The van der Waals surface area contributed by atoms with E-state index >= 15 is 0 Å². The highest BCUT2D eigenvalue weighted by molar-refractivity contribution is 7.09. The summed E-state index contributed by atoms with van der Waals surface area (Å²) in [4.78, 5) is 70.3. The first-order valence-electron chi connectivity index (χ1n) is 18.2. The zero-order valence-corrected chi connectivity index (χ0v) is 33.8. The number of aliphatic hydroxyl groups is 1. The van der Waals surface area contributed by atoms with Crippen molar-refractivity contribution >= 4 is 41.1 Å². The van der Waals surface area contributed by atoms with Gasteiger partial charge in [-0.3, -0.25) is 19.2 Å². The first kappa shape index (κ1) is 46.0. The van der Waals surface area contributed by atoms with Crippen LogP contribution in [0.2, 0.25) is 0 Å². The Kier molecular flexibility index (Phi) is 17.9. The van der Waals surface area contributed by atoms with Crippen molar-refractivity contribution < 1.29 is 42.6 Å². The molecule has 13 nitrogen and oxygen atoms in total. The minimum Gasteiger partial charge on any atom is -0.444 e. The molecule has 6 N–H and O–H groups in total. The van der Waals surface area contributed by atoms with Crippen LogP contribution in [0.4, 0.5) is 13.6 Å². The fourth-order valence-corrected chi connectivity index (χ4v) is 6.20. The smallest absolute Gasteiger partial charge is 0.407 e. The second kappa shape index (κ2) is 21.1. The quantitative estimate of drug-likeness (QED) is 0.124. The van der Waals surface area contributed by atoms with Crippen molar-refractivity contribution in [3.8, 4) is 0 Å². The number of benzene rings is 1. The zero-order valence-electron chi connectivity index (χ0n) is 33.0. The summed E-state index contributed by atoms with van der Waals surface area (Å²) in [5, 5.41) is 27.5. The molecule has 0 spiro atoms. The van der Waals surface area contributed by atoms with Crippen molar-refractivity contribution in [3.05, 3.63) is 51.5 Å². The third-order valence-corrected chi connectivity index (χ3v) is 9.21. The summed E-state index contributed by atoms with van der Waals surface area (Å²) in [7, 11) is 0. The van der Waals surface area contributed by atoms with E-state index in [1.807, 2.05) is 26.2 Å². The first-order valence-corrected chi connectivity index (χ1v) is 19.1. The van der Waals surface area contributed by atoms with Gasteiger partial charge in [-0.25, -0.2) is 18.6 Å². The lowest BCUT2D eigenvalue weighted by Gasteiger charge is -2.30. The third-order valence-electron chi connectivity index (χ3n) is 8.22. The molecular formula is C38H58F2N6O7S. The van der Waals surface area contributed by atoms with Crippen LogP contribution in [0.3, 0.4) is 0 Å². The standard InChI is InChI=1S/C38H58F2N6O7S/c1-20(2)17-41-36(51)32(21(3)4)46-34(49)22(5)11-30(47)28(15-25-13-26(39)16-27(40)14-25)44-35(50)29(18-42-37(52)53-38(8,9)10)45-33(48)23(6)12-31-43-24(7)19-54-31/h13-14,16,19-23,28-30,32,47H,11-12,15,17-18H2,1-10H3,(H,41,51)(H,42,52)(H,44,50)(H,45,48)(H,46,49)/t22-,23+,28+,29+,30+,32+/m1/s1. The molecule has 0 radical (unpaired) electrons. The van der Waals surface area contributed by atoms with Crippen molar-refractivity contribution in [1.82, 2.24) is 31.6 Å². The number of hydrogen-bond acceptors (Lipinski definition) is 9. The number of rotatable bonds is 19. The Morgan fingerprint density at radius 3 is 1.96 bits per heavy atom. The Hall–Kier alpha value is -4.18. The van der Waals surface area contributed by atoms with Crippen molar-refractivity contribution in [2.75, 3.05) is 13.1 Å². The summed E-state index contributed by atoms with van der Waals surface area (Å²) in [6, 6.07) is -0.642. The van der Waals surface area contributed by atoms with Gasteiger partial charge in [-0.05, 0) is 70.1 Å². The number of aliphatic hydroxyl groups excluding tert-OH is 1. The number of ether oxygens (including phenoxy) is 1. The number of halogens is 2. The number of aryl methyl sites for hydroxylation is 1. The number of nitrogens with one attached hydrogen (secondary N) is 5. The van der Waals surface area contributed by atoms with Gasteiger partial charge in [-0.1, -0.05) is 41.5 Å². The Morgan fingerprint density at radius 1 is 0.815 bits per heavy atom. The molecule has 1 aromatic heterocycles. The van der Waals surface area contributed by atoms with Gasteiger partial charge >= 0.3 is 6.09 Å². The van der Waals surface area contributed by atoms with E-state index in [2.05, 4.69) is 31.6 Å². The van der Waals surface area contributed by atoms with E-state index in [0.717, 1.165) is 22.8 Å². The predicted molar refractivity (Wildman–Crippen MR) is 202 cm³/mol. The normalized spacial score (nSPS) is 15.0. The maximum atomic E-state index is 14.2. The number of carbonyl (C=O) groups excluding carboxylic acids is 5. The summed E-state index contributed by atoms with van der Waals surface area (Å²) in [5.41, 5.74) is 0.0649. The second-order valence-corrected chi connectivity index (χ2v) is 16.5. The molecule has 0 saturated heterocycles. The number of alkyl carbamates (subject to hydrolysis) is 1. The maximum Gasteiger partial charge on any atom is 0.407 e. The second-order valence-electron chi connectivity index (χ2n) is 15.6. The maximum absolute atomic E-state index is 14.2. The molecule has 5 amide bonds. The predicted octanol–water partition coefficient (Wildman–Crippen LogP) is 3.95. The summed E-state index contributed by atoms with van der Waals surface area (Å²) < 4.78 is 33.8. The zero-order chi connectivity index (χ0) is 40.9. The summed E-state index contributed by atoms with van der Waals surface area (Å²) in [6.45, 7) is 17.5. The molecule has 0 aliphatic rings. The molecule has 0 fully saturated rings. The van der Waals surface area contributed by atoms with Crippen LogP contribution in [0.1, 0.15) is 85.0 Å². The van der Waals surface area contributed by atoms with Crippen LogP contribution < -0.4 is 26.6 Å². The van der Waals surface area contributed by atoms with Crippen molar-refractivity contribution in [2.45, 2.75) is 118 Å².